The number of hydrogen-bond acceptors (Lipinski definition) is 6. The zero-order chi connectivity index (χ0) is 20.6. The van der Waals surface area contributed by atoms with Gasteiger partial charge >= 0.3 is 6.09 Å². The van der Waals surface area contributed by atoms with Crippen LogP contribution in [0.15, 0.2) is 36.4 Å². The first-order valence-electron chi connectivity index (χ1n) is 10.4. The van der Waals surface area contributed by atoms with E-state index in [0.717, 1.165) is 36.5 Å². The molecule has 3 rings (SSSR count). The zero-order valence-electron chi connectivity index (χ0n) is 17.5. The van der Waals surface area contributed by atoms with Gasteiger partial charge in [0.15, 0.2) is 0 Å². The lowest BCUT2D eigenvalue weighted by Gasteiger charge is -2.32. The van der Waals surface area contributed by atoms with Gasteiger partial charge in [0, 0.05) is 37.3 Å². The summed E-state index contributed by atoms with van der Waals surface area (Å²) in [6.07, 6.45) is 1.50. The second-order valence-electron chi connectivity index (χ2n) is 7.71. The number of hydrogen-bond donors (Lipinski definition) is 2. The van der Waals surface area contributed by atoms with Gasteiger partial charge in [-0.25, -0.2) is 9.78 Å². The van der Waals surface area contributed by atoms with Gasteiger partial charge in [0.25, 0.3) is 0 Å². The van der Waals surface area contributed by atoms with Crippen LogP contribution in [-0.2, 0) is 4.74 Å². The Morgan fingerprint density at radius 1 is 1.21 bits per heavy atom. The number of nitrogens with zero attached hydrogens (tertiary/aromatic N) is 3. The minimum Gasteiger partial charge on any atom is -0.450 e. The number of benzene rings is 1. The molecule has 1 aliphatic rings. The summed E-state index contributed by atoms with van der Waals surface area (Å²) in [5, 5.41) is 6.88. The molecule has 1 aliphatic heterocycles. The monoisotopic (exact) mass is 397 g/mol. The first-order chi connectivity index (χ1) is 14.0. The zero-order valence-corrected chi connectivity index (χ0v) is 17.5. The van der Waals surface area contributed by atoms with Crippen molar-refractivity contribution in [3.63, 3.8) is 0 Å². The molecule has 2 aromatic rings. The molecule has 0 bridgehead atoms. The van der Waals surface area contributed by atoms with Gasteiger partial charge in [-0.05, 0) is 25.7 Å². The summed E-state index contributed by atoms with van der Waals surface area (Å²) in [7, 11) is 0. The number of likely N-dealkylation sites (tertiary alicyclic amines) is 1. The normalized spacial score (nSPS) is 14.7. The molecule has 7 heteroatoms. The van der Waals surface area contributed by atoms with Gasteiger partial charge in [0.05, 0.1) is 12.3 Å². The third kappa shape index (κ3) is 6.07. The molecule has 0 saturated carbocycles. The molecular weight excluding hydrogens is 366 g/mol. The number of rotatable bonds is 7. The Hall–Kier alpha value is -2.83. The molecule has 2 N–H and O–H groups in total. The van der Waals surface area contributed by atoms with E-state index in [1.165, 1.54) is 0 Å². The first kappa shape index (κ1) is 20.9. The SMILES string of the molecule is CCOC(=O)N1CCC(Nc2cc(-c3ccccc3)nc(NCC(C)C)n2)CC1. The summed E-state index contributed by atoms with van der Waals surface area (Å²) in [5.41, 5.74) is 1.95. The van der Waals surface area contributed by atoms with E-state index in [9.17, 15) is 4.79 Å². The number of aromatic nitrogens is 2. The highest BCUT2D eigenvalue weighted by Gasteiger charge is 2.24. The van der Waals surface area contributed by atoms with Crippen molar-refractivity contribution in [1.29, 1.82) is 0 Å². The largest absolute Gasteiger partial charge is 0.450 e. The van der Waals surface area contributed by atoms with Gasteiger partial charge in [-0.2, -0.15) is 4.98 Å². The number of amides is 1. The second kappa shape index (κ2) is 10.1. The van der Waals surface area contributed by atoms with Crippen LogP contribution in [0.5, 0.6) is 0 Å². The molecular formula is C22H31N5O2. The van der Waals surface area contributed by atoms with Gasteiger partial charge in [0.1, 0.15) is 5.82 Å². The molecule has 1 aromatic carbocycles. The predicted octanol–water partition coefficient (Wildman–Crippen LogP) is 4.24. The Kier molecular flexibility index (Phi) is 7.27. The maximum absolute atomic E-state index is 11.9. The van der Waals surface area contributed by atoms with Crippen LogP contribution in [0.3, 0.4) is 0 Å². The van der Waals surface area contributed by atoms with E-state index >= 15 is 0 Å². The number of piperidine rings is 1. The van der Waals surface area contributed by atoms with Gasteiger partial charge in [-0.3, -0.25) is 0 Å². The van der Waals surface area contributed by atoms with Crippen molar-refractivity contribution in [2.45, 2.75) is 39.7 Å². The number of carbonyl (C=O) groups is 1. The van der Waals surface area contributed by atoms with Crippen molar-refractivity contribution in [2.75, 3.05) is 36.9 Å². The average molecular weight is 398 g/mol. The van der Waals surface area contributed by atoms with Crippen LogP contribution in [0.4, 0.5) is 16.6 Å². The van der Waals surface area contributed by atoms with Crippen LogP contribution < -0.4 is 10.6 Å². The smallest absolute Gasteiger partial charge is 0.409 e. The lowest BCUT2D eigenvalue weighted by Crippen LogP contribution is -2.42. The summed E-state index contributed by atoms with van der Waals surface area (Å²) in [5.74, 6) is 1.94. The van der Waals surface area contributed by atoms with Gasteiger partial charge < -0.3 is 20.3 Å². The van der Waals surface area contributed by atoms with Crippen LogP contribution in [-0.4, -0.2) is 53.2 Å². The standard InChI is InChI=1S/C22H31N5O2/c1-4-29-22(28)27-12-10-18(11-13-27)24-20-14-19(17-8-6-5-7-9-17)25-21(26-20)23-15-16(2)3/h5-9,14,16,18H,4,10-13,15H2,1-3H3,(H2,23,24,25,26). The molecule has 1 amide bonds. The summed E-state index contributed by atoms with van der Waals surface area (Å²) < 4.78 is 5.10. The number of ether oxygens (including phenoxy) is 1. The molecule has 2 heterocycles. The molecule has 0 radical (unpaired) electrons. The summed E-state index contributed by atoms with van der Waals surface area (Å²) >= 11 is 0. The Bertz CT molecular complexity index is 789. The summed E-state index contributed by atoms with van der Waals surface area (Å²) in [6, 6.07) is 12.4. The molecule has 1 aromatic heterocycles. The van der Waals surface area contributed by atoms with Crippen molar-refractivity contribution in [1.82, 2.24) is 14.9 Å². The Morgan fingerprint density at radius 2 is 1.93 bits per heavy atom. The molecule has 0 atom stereocenters. The van der Waals surface area contributed by atoms with E-state index in [1.54, 1.807) is 4.90 Å². The maximum Gasteiger partial charge on any atom is 0.409 e. The number of nitrogens with one attached hydrogen (secondary N) is 2. The Balaban J connectivity index is 1.71. The van der Waals surface area contributed by atoms with E-state index in [2.05, 4.69) is 41.6 Å². The van der Waals surface area contributed by atoms with Crippen molar-refractivity contribution in [2.24, 2.45) is 5.92 Å². The van der Waals surface area contributed by atoms with Crippen molar-refractivity contribution in [3.8, 4) is 11.3 Å². The third-order valence-corrected chi connectivity index (χ3v) is 4.84. The topological polar surface area (TPSA) is 79.4 Å². The van der Waals surface area contributed by atoms with E-state index in [-0.39, 0.29) is 12.1 Å². The summed E-state index contributed by atoms with van der Waals surface area (Å²) in [4.78, 5) is 23.0. The maximum atomic E-state index is 11.9. The Morgan fingerprint density at radius 3 is 2.59 bits per heavy atom. The lowest BCUT2D eigenvalue weighted by atomic mass is 10.1. The van der Waals surface area contributed by atoms with E-state index in [4.69, 9.17) is 9.72 Å². The average Bonchev–Trinajstić information content (AvgIpc) is 2.73. The number of anilines is 2. The molecule has 1 saturated heterocycles. The second-order valence-corrected chi connectivity index (χ2v) is 7.71. The fourth-order valence-electron chi connectivity index (χ4n) is 3.28. The first-order valence-corrected chi connectivity index (χ1v) is 10.4. The van der Waals surface area contributed by atoms with Gasteiger partial charge in [-0.1, -0.05) is 44.2 Å². The van der Waals surface area contributed by atoms with Gasteiger partial charge in [0.2, 0.25) is 5.95 Å². The molecule has 29 heavy (non-hydrogen) atoms. The predicted molar refractivity (Wildman–Crippen MR) is 116 cm³/mol. The molecule has 0 aliphatic carbocycles. The van der Waals surface area contributed by atoms with Crippen LogP contribution in [0, 0.1) is 5.92 Å². The van der Waals surface area contributed by atoms with E-state index in [0.29, 0.717) is 31.6 Å². The minimum absolute atomic E-state index is 0.223. The van der Waals surface area contributed by atoms with E-state index < -0.39 is 0 Å². The van der Waals surface area contributed by atoms with Crippen LogP contribution in [0.2, 0.25) is 0 Å². The summed E-state index contributed by atoms with van der Waals surface area (Å²) in [6.45, 7) is 8.74. The number of carbonyl (C=O) groups excluding carboxylic acids is 1. The molecule has 1 fully saturated rings. The Labute approximate surface area is 172 Å². The lowest BCUT2D eigenvalue weighted by molar-refractivity contribution is 0.0983. The molecule has 0 spiro atoms. The highest BCUT2D eigenvalue weighted by molar-refractivity contribution is 5.68. The fourth-order valence-corrected chi connectivity index (χ4v) is 3.28. The van der Waals surface area contributed by atoms with Crippen LogP contribution >= 0.6 is 0 Å². The molecule has 156 valence electrons. The van der Waals surface area contributed by atoms with Gasteiger partial charge in [-0.15, -0.1) is 0 Å². The van der Waals surface area contributed by atoms with E-state index in [1.807, 2.05) is 31.2 Å². The van der Waals surface area contributed by atoms with Crippen molar-refractivity contribution >= 4 is 17.9 Å². The fraction of sp³-hybridized carbons (Fsp3) is 0.500. The van der Waals surface area contributed by atoms with Crippen LogP contribution in [0.25, 0.3) is 11.3 Å². The minimum atomic E-state index is -0.223. The third-order valence-electron chi connectivity index (χ3n) is 4.84. The molecule has 0 unspecified atom stereocenters. The quantitative estimate of drug-likeness (QED) is 0.727. The highest BCUT2D eigenvalue weighted by atomic mass is 16.6. The van der Waals surface area contributed by atoms with Crippen molar-refractivity contribution in [3.05, 3.63) is 36.4 Å². The van der Waals surface area contributed by atoms with Crippen molar-refractivity contribution < 1.29 is 9.53 Å². The van der Waals surface area contributed by atoms with Crippen LogP contribution in [0.1, 0.15) is 33.6 Å². The highest BCUT2D eigenvalue weighted by Crippen LogP contribution is 2.23. The molecule has 7 nitrogen and oxygen atoms in total.